The van der Waals surface area contributed by atoms with E-state index in [1.807, 2.05) is 28.8 Å². The van der Waals surface area contributed by atoms with Crippen LogP contribution in [0.15, 0.2) is 200 Å². The van der Waals surface area contributed by atoms with Crippen LogP contribution in [0.1, 0.15) is 0 Å². The third kappa shape index (κ3) is 5.07. The van der Waals surface area contributed by atoms with Crippen molar-refractivity contribution in [2.24, 2.45) is 0 Å². The van der Waals surface area contributed by atoms with Crippen LogP contribution in [0.25, 0.3) is 111 Å². The van der Waals surface area contributed by atoms with Crippen LogP contribution in [0.3, 0.4) is 0 Å². The lowest BCUT2D eigenvalue weighted by Gasteiger charge is -2.13. The van der Waals surface area contributed by atoms with Crippen LogP contribution < -0.4 is 0 Å². The first-order chi connectivity index (χ1) is 28.7. The van der Waals surface area contributed by atoms with Gasteiger partial charge in [-0.25, -0.2) is 14.5 Å². The standard InChI is InChI=1S/C53H33N5/c1-3-13-36(14-4-1)48-33-51-42-19-8-11-21-47(42)55-53(58(51)56-48)38-25-23-34(24-26-38)35-27-29-39(30-28-35)57-49-22-12-9-18-41(49)44-31-43-40-17-7-10-20-46(40)54-52(45(43)32-50(44)57)37-15-5-2-6-16-37/h1-33H. The maximum atomic E-state index is 5.23. The zero-order valence-electron chi connectivity index (χ0n) is 31.3. The van der Waals surface area contributed by atoms with Crippen molar-refractivity contribution in [3.63, 3.8) is 0 Å². The first-order valence-corrected chi connectivity index (χ1v) is 19.6. The number of rotatable bonds is 5. The minimum absolute atomic E-state index is 0.815. The van der Waals surface area contributed by atoms with E-state index in [0.29, 0.717) is 0 Å². The Morgan fingerprint density at radius 2 is 0.914 bits per heavy atom. The molecule has 0 radical (unpaired) electrons. The third-order valence-corrected chi connectivity index (χ3v) is 11.5. The molecule has 0 saturated carbocycles. The topological polar surface area (TPSA) is 48.0 Å². The molecule has 12 aromatic rings. The molecule has 0 spiro atoms. The highest BCUT2D eigenvalue weighted by Gasteiger charge is 2.18. The molecule has 0 unspecified atom stereocenters. The molecule has 12 rings (SSSR count). The van der Waals surface area contributed by atoms with E-state index in [0.717, 1.165) is 88.9 Å². The molecule has 0 N–H and O–H groups in total. The van der Waals surface area contributed by atoms with Gasteiger partial charge in [-0.05, 0) is 65.0 Å². The Morgan fingerprint density at radius 1 is 0.328 bits per heavy atom. The summed E-state index contributed by atoms with van der Waals surface area (Å²) in [6.07, 6.45) is 0. The normalized spacial score (nSPS) is 11.8. The number of nitrogens with zero attached hydrogens (tertiary/aromatic N) is 5. The monoisotopic (exact) mass is 739 g/mol. The smallest absolute Gasteiger partial charge is 0.161 e. The quantitative estimate of drug-likeness (QED) is 0.165. The molecule has 0 fully saturated rings. The van der Waals surface area contributed by atoms with Crippen molar-refractivity contribution in [3.05, 3.63) is 200 Å². The van der Waals surface area contributed by atoms with Gasteiger partial charge in [-0.3, -0.25) is 0 Å². The molecule has 4 heterocycles. The van der Waals surface area contributed by atoms with E-state index in [1.54, 1.807) is 0 Å². The van der Waals surface area contributed by atoms with Crippen LogP contribution in [0, 0.1) is 0 Å². The van der Waals surface area contributed by atoms with E-state index >= 15 is 0 Å². The van der Waals surface area contributed by atoms with Gasteiger partial charge in [-0.15, -0.1) is 0 Å². The number of aromatic nitrogens is 5. The van der Waals surface area contributed by atoms with E-state index in [9.17, 15) is 0 Å². The molecule has 0 aliphatic rings. The number of pyridine rings is 1. The summed E-state index contributed by atoms with van der Waals surface area (Å²) >= 11 is 0. The maximum Gasteiger partial charge on any atom is 0.161 e. The highest BCUT2D eigenvalue weighted by molar-refractivity contribution is 6.20. The summed E-state index contributed by atoms with van der Waals surface area (Å²) in [4.78, 5) is 10.4. The molecule has 0 atom stereocenters. The first kappa shape index (κ1) is 32.4. The first-order valence-electron chi connectivity index (χ1n) is 19.6. The number of hydrogen-bond acceptors (Lipinski definition) is 3. The molecular formula is C53H33N5. The predicted octanol–water partition coefficient (Wildman–Crippen LogP) is 13.3. The zero-order valence-corrected chi connectivity index (χ0v) is 31.3. The Morgan fingerprint density at radius 3 is 1.66 bits per heavy atom. The van der Waals surface area contributed by atoms with Crippen LogP contribution in [-0.4, -0.2) is 24.1 Å². The minimum Gasteiger partial charge on any atom is -0.309 e. The lowest BCUT2D eigenvalue weighted by molar-refractivity contribution is 0.949. The van der Waals surface area contributed by atoms with Crippen LogP contribution in [0.5, 0.6) is 0 Å². The lowest BCUT2D eigenvalue weighted by Crippen LogP contribution is -1.99. The van der Waals surface area contributed by atoms with Crippen molar-refractivity contribution in [3.8, 4) is 50.7 Å². The van der Waals surface area contributed by atoms with E-state index < -0.39 is 0 Å². The van der Waals surface area contributed by atoms with Gasteiger partial charge in [-0.1, -0.05) is 152 Å². The van der Waals surface area contributed by atoms with Gasteiger partial charge >= 0.3 is 0 Å². The summed E-state index contributed by atoms with van der Waals surface area (Å²) in [6.45, 7) is 0. The number of hydrogen-bond donors (Lipinski definition) is 0. The molecule has 8 aromatic carbocycles. The fourth-order valence-corrected chi connectivity index (χ4v) is 8.74. The summed E-state index contributed by atoms with van der Waals surface area (Å²) in [7, 11) is 0. The molecule has 0 aliphatic heterocycles. The number of benzene rings is 8. The molecule has 0 bridgehead atoms. The van der Waals surface area contributed by atoms with Gasteiger partial charge < -0.3 is 4.57 Å². The number of para-hydroxylation sites is 3. The third-order valence-electron chi connectivity index (χ3n) is 11.5. The van der Waals surface area contributed by atoms with E-state index in [4.69, 9.17) is 15.1 Å². The molecule has 58 heavy (non-hydrogen) atoms. The van der Waals surface area contributed by atoms with Gasteiger partial charge in [0.15, 0.2) is 5.82 Å². The molecule has 5 nitrogen and oxygen atoms in total. The van der Waals surface area contributed by atoms with Gasteiger partial charge in [0.25, 0.3) is 0 Å². The van der Waals surface area contributed by atoms with Crippen LogP contribution in [-0.2, 0) is 0 Å². The molecule has 4 aromatic heterocycles. The highest BCUT2D eigenvalue weighted by Crippen LogP contribution is 2.40. The molecule has 5 heteroatoms. The SMILES string of the molecule is c1ccc(-c2cc3c4ccccc4nc(-c4ccc(-c5ccc(-n6c7ccccc7c7cc8c(cc76)c(-c6ccccc6)nc6ccccc68)cc5)cc4)n3n2)cc1. The average Bonchev–Trinajstić information content (AvgIpc) is 3.89. The van der Waals surface area contributed by atoms with Crippen molar-refractivity contribution in [2.45, 2.75) is 0 Å². The van der Waals surface area contributed by atoms with E-state index in [-0.39, 0.29) is 0 Å². The Hall–Kier alpha value is -7.89. The lowest BCUT2D eigenvalue weighted by atomic mass is 9.98. The second kappa shape index (κ2) is 12.8. The van der Waals surface area contributed by atoms with Crippen molar-refractivity contribution in [1.82, 2.24) is 24.1 Å². The summed E-state index contributed by atoms with van der Waals surface area (Å²) in [5.74, 6) is 0.815. The molecule has 0 saturated heterocycles. The van der Waals surface area contributed by atoms with Crippen molar-refractivity contribution < 1.29 is 0 Å². The maximum absolute atomic E-state index is 5.23. The second-order valence-electron chi connectivity index (χ2n) is 14.9. The van der Waals surface area contributed by atoms with Crippen molar-refractivity contribution >= 4 is 59.9 Å². The molecular weight excluding hydrogens is 707 g/mol. The van der Waals surface area contributed by atoms with Crippen LogP contribution in [0.2, 0.25) is 0 Å². The van der Waals surface area contributed by atoms with Gasteiger partial charge in [0.2, 0.25) is 0 Å². The zero-order chi connectivity index (χ0) is 38.2. The highest BCUT2D eigenvalue weighted by atomic mass is 15.3. The van der Waals surface area contributed by atoms with Gasteiger partial charge in [0.05, 0.1) is 39.0 Å². The van der Waals surface area contributed by atoms with Crippen molar-refractivity contribution in [1.29, 1.82) is 0 Å². The summed E-state index contributed by atoms with van der Waals surface area (Å²) < 4.78 is 4.39. The number of fused-ring (bicyclic) bond motifs is 9. The molecule has 270 valence electrons. The van der Waals surface area contributed by atoms with Crippen LogP contribution in [0.4, 0.5) is 0 Å². The Balaban J connectivity index is 0.962. The molecule has 0 aliphatic carbocycles. The minimum atomic E-state index is 0.815. The summed E-state index contributed by atoms with van der Waals surface area (Å²) in [5, 5.41) is 12.1. The van der Waals surface area contributed by atoms with E-state index in [2.05, 4.69) is 180 Å². The van der Waals surface area contributed by atoms with Crippen molar-refractivity contribution in [2.75, 3.05) is 0 Å². The van der Waals surface area contributed by atoms with Gasteiger partial charge in [-0.2, -0.15) is 5.10 Å². The Bertz CT molecular complexity index is 3530. The second-order valence-corrected chi connectivity index (χ2v) is 14.9. The fourth-order valence-electron chi connectivity index (χ4n) is 8.74. The predicted molar refractivity (Wildman–Crippen MR) is 239 cm³/mol. The summed E-state index contributed by atoms with van der Waals surface area (Å²) in [6, 6.07) is 70.8. The molecule has 0 amide bonds. The van der Waals surface area contributed by atoms with E-state index in [1.165, 1.54) is 21.7 Å². The van der Waals surface area contributed by atoms with Crippen LogP contribution >= 0.6 is 0 Å². The fraction of sp³-hybridized carbons (Fsp3) is 0. The largest absolute Gasteiger partial charge is 0.309 e. The van der Waals surface area contributed by atoms with Gasteiger partial charge in [0, 0.05) is 49.3 Å². The Labute approximate surface area is 333 Å². The van der Waals surface area contributed by atoms with Gasteiger partial charge in [0.1, 0.15) is 0 Å². The Kier molecular flexibility index (Phi) is 7.16. The average molecular weight is 740 g/mol. The summed E-state index contributed by atoms with van der Waals surface area (Å²) in [5.41, 5.74) is 13.8.